The molecule has 1 aromatic heterocycles. The summed E-state index contributed by atoms with van der Waals surface area (Å²) in [6, 6.07) is 15.4. The summed E-state index contributed by atoms with van der Waals surface area (Å²) in [5.74, 6) is 1.53. The molecule has 0 aliphatic carbocycles. The largest absolute Gasteiger partial charge is 0.212 e. The molecule has 1 aliphatic rings. The zero-order valence-electron chi connectivity index (χ0n) is 12.5. The summed E-state index contributed by atoms with van der Waals surface area (Å²) in [6.07, 6.45) is 0.588. The standard InChI is InChI=1S/C17H12Cl2N4S/c18-13-7-5-11(6-8-13)15-10-24-17-21-20-16(23(17)22-15)9-12-3-1-2-4-14(12)19/h1-8H,9-10H2. The maximum absolute atomic E-state index is 6.25. The first kappa shape index (κ1) is 15.7. The molecule has 1 aliphatic heterocycles. The average Bonchev–Trinajstić information content (AvgIpc) is 3.00. The monoisotopic (exact) mass is 374 g/mol. The number of rotatable bonds is 3. The van der Waals surface area contributed by atoms with Gasteiger partial charge in [0, 0.05) is 22.2 Å². The molecule has 2 heterocycles. The molecular formula is C17H12Cl2N4S. The molecule has 0 saturated carbocycles. The van der Waals surface area contributed by atoms with Gasteiger partial charge in [0.05, 0.1) is 5.71 Å². The molecule has 24 heavy (non-hydrogen) atoms. The van der Waals surface area contributed by atoms with Gasteiger partial charge in [-0.3, -0.25) is 0 Å². The van der Waals surface area contributed by atoms with Gasteiger partial charge in [0.25, 0.3) is 0 Å². The second kappa shape index (κ2) is 6.59. The Balaban J connectivity index is 1.69. The molecule has 0 unspecified atom stereocenters. The Bertz CT molecular complexity index is 919. The molecule has 2 aromatic carbocycles. The topological polar surface area (TPSA) is 43.1 Å². The average molecular weight is 375 g/mol. The second-order valence-electron chi connectivity index (χ2n) is 5.32. The number of hydrogen-bond donors (Lipinski definition) is 0. The van der Waals surface area contributed by atoms with Crippen molar-refractivity contribution in [1.82, 2.24) is 14.9 Å². The highest BCUT2D eigenvalue weighted by Crippen LogP contribution is 2.26. The fourth-order valence-corrected chi connectivity index (χ4v) is 3.66. The van der Waals surface area contributed by atoms with Crippen molar-refractivity contribution in [1.29, 1.82) is 0 Å². The van der Waals surface area contributed by atoms with Crippen LogP contribution < -0.4 is 0 Å². The van der Waals surface area contributed by atoms with E-state index in [1.807, 2.05) is 48.5 Å². The Morgan fingerprint density at radius 1 is 1.00 bits per heavy atom. The van der Waals surface area contributed by atoms with E-state index in [4.69, 9.17) is 28.3 Å². The van der Waals surface area contributed by atoms with E-state index in [0.29, 0.717) is 11.4 Å². The Hall–Kier alpha value is -1.82. The van der Waals surface area contributed by atoms with Crippen LogP contribution in [0.5, 0.6) is 0 Å². The first-order chi connectivity index (χ1) is 11.7. The molecule has 0 saturated heterocycles. The highest BCUT2D eigenvalue weighted by molar-refractivity contribution is 7.99. The fourth-order valence-electron chi connectivity index (χ4n) is 2.47. The van der Waals surface area contributed by atoms with Crippen molar-refractivity contribution < 1.29 is 0 Å². The van der Waals surface area contributed by atoms with Crippen molar-refractivity contribution in [2.45, 2.75) is 11.6 Å². The van der Waals surface area contributed by atoms with E-state index in [-0.39, 0.29) is 0 Å². The molecule has 120 valence electrons. The van der Waals surface area contributed by atoms with Crippen molar-refractivity contribution >= 4 is 40.7 Å². The lowest BCUT2D eigenvalue weighted by Gasteiger charge is -2.14. The third-order valence-corrected chi connectivity index (χ3v) is 5.27. The molecule has 0 fully saturated rings. The Morgan fingerprint density at radius 3 is 2.58 bits per heavy atom. The highest BCUT2D eigenvalue weighted by Gasteiger charge is 2.20. The van der Waals surface area contributed by atoms with Gasteiger partial charge >= 0.3 is 0 Å². The lowest BCUT2D eigenvalue weighted by atomic mass is 10.1. The van der Waals surface area contributed by atoms with E-state index in [2.05, 4.69) is 10.2 Å². The SMILES string of the molecule is Clc1ccc(C2=Nn3c(Cc4ccccc4Cl)nnc3SC2)cc1. The summed E-state index contributed by atoms with van der Waals surface area (Å²) in [4.78, 5) is 0. The smallest absolute Gasteiger partial charge is 0.191 e. The summed E-state index contributed by atoms with van der Waals surface area (Å²) in [6.45, 7) is 0. The van der Waals surface area contributed by atoms with Gasteiger partial charge in [0.2, 0.25) is 5.16 Å². The second-order valence-corrected chi connectivity index (χ2v) is 7.11. The van der Waals surface area contributed by atoms with E-state index in [0.717, 1.165) is 38.6 Å². The zero-order valence-corrected chi connectivity index (χ0v) is 14.8. The molecular weight excluding hydrogens is 363 g/mol. The third-order valence-electron chi connectivity index (χ3n) is 3.72. The molecule has 4 nitrogen and oxygen atoms in total. The molecule has 7 heteroatoms. The van der Waals surface area contributed by atoms with E-state index in [1.165, 1.54) is 0 Å². The van der Waals surface area contributed by atoms with Crippen molar-refractivity contribution in [3.63, 3.8) is 0 Å². The normalized spacial score (nSPS) is 13.5. The summed E-state index contributed by atoms with van der Waals surface area (Å²) in [5, 5.41) is 15.5. The van der Waals surface area contributed by atoms with Crippen molar-refractivity contribution in [2.24, 2.45) is 5.10 Å². The zero-order chi connectivity index (χ0) is 16.5. The predicted octanol–water partition coefficient (Wildman–Crippen LogP) is 4.53. The number of fused-ring (bicyclic) bond motifs is 1. The van der Waals surface area contributed by atoms with Crippen LogP contribution in [0.15, 0.2) is 58.8 Å². The van der Waals surface area contributed by atoms with Crippen LogP contribution in [0.2, 0.25) is 10.0 Å². The number of thioether (sulfide) groups is 1. The van der Waals surface area contributed by atoms with Gasteiger partial charge < -0.3 is 0 Å². The third kappa shape index (κ3) is 3.07. The van der Waals surface area contributed by atoms with Crippen molar-refractivity contribution in [3.8, 4) is 0 Å². The number of halogens is 2. The fraction of sp³-hybridized carbons (Fsp3) is 0.118. The minimum absolute atomic E-state index is 0.588. The van der Waals surface area contributed by atoms with E-state index in [1.54, 1.807) is 16.4 Å². The number of nitrogens with zero attached hydrogens (tertiary/aromatic N) is 4. The Labute approximate surface area is 153 Å². The van der Waals surface area contributed by atoms with Gasteiger partial charge in [-0.2, -0.15) is 9.78 Å². The van der Waals surface area contributed by atoms with Gasteiger partial charge in [-0.05, 0) is 29.3 Å². The van der Waals surface area contributed by atoms with Crippen LogP contribution in [0, 0.1) is 0 Å². The van der Waals surface area contributed by atoms with E-state index >= 15 is 0 Å². The van der Waals surface area contributed by atoms with Crippen LogP contribution in [0.4, 0.5) is 0 Å². The summed E-state index contributed by atoms with van der Waals surface area (Å²) < 4.78 is 1.81. The van der Waals surface area contributed by atoms with Crippen LogP contribution in [-0.4, -0.2) is 26.3 Å². The maximum atomic E-state index is 6.25. The molecule has 0 spiro atoms. The number of benzene rings is 2. The van der Waals surface area contributed by atoms with Crippen LogP contribution in [-0.2, 0) is 6.42 Å². The van der Waals surface area contributed by atoms with Crippen molar-refractivity contribution in [2.75, 3.05) is 5.75 Å². The van der Waals surface area contributed by atoms with Crippen LogP contribution in [0.3, 0.4) is 0 Å². The maximum Gasteiger partial charge on any atom is 0.212 e. The number of hydrogen-bond acceptors (Lipinski definition) is 4. The summed E-state index contributed by atoms with van der Waals surface area (Å²) >= 11 is 13.8. The van der Waals surface area contributed by atoms with Gasteiger partial charge in [-0.15, -0.1) is 10.2 Å². The molecule has 0 N–H and O–H groups in total. The Kier molecular flexibility index (Phi) is 4.31. The summed E-state index contributed by atoms with van der Waals surface area (Å²) in [5.41, 5.74) is 3.03. The van der Waals surface area contributed by atoms with Crippen LogP contribution >= 0.6 is 35.0 Å². The van der Waals surface area contributed by atoms with Crippen LogP contribution in [0.1, 0.15) is 17.0 Å². The van der Waals surface area contributed by atoms with Gasteiger partial charge in [-0.25, -0.2) is 0 Å². The predicted molar refractivity (Wildman–Crippen MR) is 98.4 cm³/mol. The minimum Gasteiger partial charge on any atom is -0.191 e. The molecule has 0 radical (unpaired) electrons. The minimum atomic E-state index is 0.588. The highest BCUT2D eigenvalue weighted by atomic mass is 35.5. The van der Waals surface area contributed by atoms with Crippen LogP contribution in [0.25, 0.3) is 0 Å². The molecule has 4 rings (SSSR count). The molecule has 0 atom stereocenters. The van der Waals surface area contributed by atoms with E-state index in [9.17, 15) is 0 Å². The lowest BCUT2D eigenvalue weighted by molar-refractivity contribution is 0.720. The quantitative estimate of drug-likeness (QED) is 0.675. The molecule has 0 bridgehead atoms. The van der Waals surface area contributed by atoms with E-state index < -0.39 is 0 Å². The molecule has 0 amide bonds. The number of aromatic nitrogens is 3. The van der Waals surface area contributed by atoms with Gasteiger partial charge in [0.15, 0.2) is 5.82 Å². The first-order valence-corrected chi connectivity index (χ1v) is 9.09. The van der Waals surface area contributed by atoms with Gasteiger partial charge in [0.1, 0.15) is 0 Å². The van der Waals surface area contributed by atoms with Gasteiger partial charge in [-0.1, -0.05) is 65.3 Å². The molecule has 3 aromatic rings. The first-order valence-electron chi connectivity index (χ1n) is 7.35. The lowest BCUT2D eigenvalue weighted by Crippen LogP contribution is -2.14. The van der Waals surface area contributed by atoms with Crippen molar-refractivity contribution in [3.05, 3.63) is 75.5 Å². The Morgan fingerprint density at radius 2 is 1.79 bits per heavy atom. The summed E-state index contributed by atoms with van der Waals surface area (Å²) in [7, 11) is 0.